The van der Waals surface area contributed by atoms with Crippen molar-refractivity contribution >= 4 is 38.9 Å². The van der Waals surface area contributed by atoms with Crippen molar-refractivity contribution in [3.63, 3.8) is 0 Å². The minimum atomic E-state index is -1.40. The summed E-state index contributed by atoms with van der Waals surface area (Å²) >= 11 is 1.91. The van der Waals surface area contributed by atoms with Crippen LogP contribution in [0.1, 0.15) is 356 Å². The normalized spacial score (nSPS) is 13.6. The molecule has 129 heavy (non-hydrogen) atoms. The Labute approximate surface area is 812 Å². The van der Waals surface area contributed by atoms with Crippen LogP contribution >= 0.6 is 11.8 Å². The first-order chi connectivity index (χ1) is 58.0. The van der Waals surface area contributed by atoms with Crippen LogP contribution in [0.3, 0.4) is 0 Å². The second-order valence-corrected chi connectivity index (χ2v) is 63.0. The molecule has 4 rings (SSSR count). The van der Waals surface area contributed by atoms with E-state index in [0.717, 1.165) is 114 Å². The van der Waals surface area contributed by atoms with Gasteiger partial charge in [0.2, 0.25) is 0 Å². The molecule has 1 heterocycles. The number of ether oxygens (including phenoxy) is 12. The number of carbonyl (C=O) groups excluding carboxylic acids is 1. The molecular weight excluding hydrogens is 1650 g/mol. The van der Waals surface area contributed by atoms with Crippen LogP contribution in [0.2, 0.25) is 29.7 Å². The van der Waals surface area contributed by atoms with Crippen molar-refractivity contribution in [1.29, 1.82) is 0 Å². The van der Waals surface area contributed by atoms with Gasteiger partial charge in [-0.25, -0.2) is 0 Å². The first-order valence-corrected chi connectivity index (χ1v) is 55.6. The standard InChI is InChI=1S/C15H34OSi.C14H24OSi.C13H20O2.C12H18O.C9H18O.C9H20O.C8H18O2.C8H16O.C7H16O.C6H14O.C6H12O.C6H14S/c1-12(2)17(13(3)4,14(5)6)11-16-10-15(7,8)9;1-14(2,3)11-15-12-16(4,5)13-9-7-6-8-10-13;1-13(2,3)10-15-9-11-5-7-12(14-4)8-6-11;1-12(2,3)10-13-9-11-7-5-4-6-8-11;1-9(2,3)8-6-4-5-7-10-8;1-8(2,3)7-10-9(4,5)6;1-8(2,3)7-10-6-5-9-4;1-5-6-9-7-8(2,3)4;1-5-8-6-7(2,3)4;1-6(2,3)5-7-4;1-5(7)6(2,3)4;1-6(2,3)5-7-4/h12-14H,10-11H2,1-9H3;6-10H,11-12H2,1-5H3;5-8H,9-10H2,1-4H3;4-8H,9-10H2,1-3H3;8H,4-7H2,1-3H3;7H2,1-6H3;5-7H2,1-4H3;5H,1,6-7H2,2-4H3;5-6H2,1-4H3;5H2,1-4H3;1-4H3;5H2,1-4H3. The number of Topliss-reactive ketones (excluding diaryl/α,β-unsaturated/α-hetero) is 1. The first-order valence-electron chi connectivity index (χ1n) is 48.6. The van der Waals surface area contributed by atoms with Gasteiger partial charge in [-0.2, -0.15) is 11.8 Å². The fraction of sp³-hybridized carbons (Fsp3) is 0.814. The number of benzene rings is 3. The second-order valence-electron chi connectivity index (χ2n) is 51.5. The van der Waals surface area contributed by atoms with Gasteiger partial charge in [0.25, 0.3) is 0 Å². The van der Waals surface area contributed by atoms with Crippen molar-refractivity contribution in [2.45, 2.75) is 399 Å². The van der Waals surface area contributed by atoms with Gasteiger partial charge in [-0.1, -0.05) is 388 Å². The average molecular weight is 1880 g/mol. The molecular formula is C113H224O13SSi2. The monoisotopic (exact) mass is 1880 g/mol. The molecule has 0 N–H and O–H groups in total. The van der Waals surface area contributed by atoms with E-state index in [0.29, 0.717) is 54.2 Å². The average Bonchev–Trinajstić information content (AvgIpc) is 0.809. The van der Waals surface area contributed by atoms with Gasteiger partial charge in [0, 0.05) is 45.3 Å². The molecule has 0 amide bonds. The number of carbonyl (C=O) groups is 1. The van der Waals surface area contributed by atoms with Crippen LogP contribution in [0.4, 0.5) is 0 Å². The fourth-order valence-corrected chi connectivity index (χ4v) is 19.2. The summed E-state index contributed by atoms with van der Waals surface area (Å²) in [5, 5.41) is 1.48. The molecule has 1 fully saturated rings. The van der Waals surface area contributed by atoms with Gasteiger partial charge < -0.3 is 56.8 Å². The molecule has 1 aliphatic heterocycles. The van der Waals surface area contributed by atoms with Gasteiger partial charge in [0.05, 0.1) is 119 Å². The van der Waals surface area contributed by atoms with E-state index in [9.17, 15) is 4.79 Å². The van der Waals surface area contributed by atoms with E-state index in [1.54, 1.807) is 34.3 Å². The van der Waals surface area contributed by atoms with Crippen molar-refractivity contribution in [2.75, 3.05) is 138 Å². The van der Waals surface area contributed by atoms with Crippen molar-refractivity contribution in [3.8, 4) is 5.75 Å². The van der Waals surface area contributed by atoms with E-state index in [4.69, 9.17) is 56.8 Å². The smallest absolute Gasteiger partial charge is 0.135 e. The summed E-state index contributed by atoms with van der Waals surface area (Å²) in [6.45, 7) is 123. The molecule has 0 saturated carbocycles. The summed E-state index contributed by atoms with van der Waals surface area (Å²) in [6, 6.07) is 29.0. The topological polar surface area (TPSA) is 128 Å². The molecule has 0 radical (unpaired) electrons. The summed E-state index contributed by atoms with van der Waals surface area (Å²) in [7, 11) is 2.33. The minimum absolute atomic E-state index is 0.00722. The quantitative estimate of drug-likeness (QED) is 0.0371. The number of ketones is 1. The zero-order chi connectivity index (χ0) is 103. The molecule has 1 saturated heterocycles. The number of rotatable bonds is 29. The predicted molar refractivity (Wildman–Crippen MR) is 579 cm³/mol. The molecule has 1 atom stereocenters. The third-order valence-corrected chi connectivity index (χ3v) is 29.2. The lowest BCUT2D eigenvalue weighted by molar-refractivity contribution is -0.124. The Morgan fingerprint density at radius 2 is 0.783 bits per heavy atom. The molecule has 0 aromatic heterocycles. The van der Waals surface area contributed by atoms with Crippen LogP contribution < -0.4 is 9.92 Å². The molecule has 16 heteroatoms. The number of hydrogen-bond acceptors (Lipinski definition) is 14. The Morgan fingerprint density at radius 1 is 0.434 bits per heavy atom. The summed E-state index contributed by atoms with van der Waals surface area (Å²) in [4.78, 5) is 10.5. The molecule has 0 aliphatic carbocycles. The summed E-state index contributed by atoms with van der Waals surface area (Å²) in [5.41, 5.74) is 8.06. The largest absolute Gasteiger partial charge is 0.497 e. The zero-order valence-corrected chi connectivity index (χ0v) is 98.8. The third kappa shape index (κ3) is 109. The van der Waals surface area contributed by atoms with E-state index < -0.39 is 16.1 Å². The zero-order valence-electron chi connectivity index (χ0n) is 95.9. The highest BCUT2D eigenvalue weighted by atomic mass is 32.2. The van der Waals surface area contributed by atoms with E-state index >= 15 is 0 Å². The fourth-order valence-electron chi connectivity index (χ4n) is 11.0. The Kier molecular flexibility index (Phi) is 78.6. The first kappa shape index (κ1) is 142. The lowest BCUT2D eigenvalue weighted by atomic mass is 9.85. The Bertz CT molecular complexity index is 2950. The van der Waals surface area contributed by atoms with Crippen LogP contribution in [0.15, 0.2) is 97.6 Å². The maximum absolute atomic E-state index is 10.5. The second kappa shape index (κ2) is 71.6. The Morgan fingerprint density at radius 3 is 1.04 bits per heavy atom. The maximum Gasteiger partial charge on any atom is 0.135 e. The maximum atomic E-state index is 10.5. The predicted octanol–water partition coefficient (Wildman–Crippen LogP) is 32.1. The van der Waals surface area contributed by atoms with Crippen molar-refractivity contribution in [1.82, 2.24) is 0 Å². The van der Waals surface area contributed by atoms with Crippen LogP contribution in [-0.4, -0.2) is 172 Å². The number of thioether (sulfide) groups is 1. The van der Waals surface area contributed by atoms with Gasteiger partial charge in [-0.05, 0) is 165 Å². The highest BCUT2D eigenvalue weighted by Crippen LogP contribution is 2.42. The van der Waals surface area contributed by atoms with Crippen molar-refractivity contribution in [3.05, 3.63) is 109 Å². The van der Waals surface area contributed by atoms with E-state index in [1.807, 2.05) is 81.9 Å². The van der Waals surface area contributed by atoms with Gasteiger partial charge in [-0.15, -0.1) is 6.58 Å². The third-order valence-electron chi connectivity index (χ3n) is 18.0. The lowest BCUT2D eigenvalue weighted by Crippen LogP contribution is -2.49. The Balaban J connectivity index is -0.000000209. The van der Waals surface area contributed by atoms with Gasteiger partial charge in [0.1, 0.15) is 19.6 Å². The molecule has 3 aromatic rings. The van der Waals surface area contributed by atoms with E-state index in [1.165, 1.54) is 41.3 Å². The molecule has 0 bridgehead atoms. The van der Waals surface area contributed by atoms with Crippen molar-refractivity contribution in [2.24, 2.45) is 65.0 Å². The summed E-state index contributed by atoms with van der Waals surface area (Å²) < 4.78 is 65.0. The highest BCUT2D eigenvalue weighted by Gasteiger charge is 2.43. The summed E-state index contributed by atoms with van der Waals surface area (Å²) in [6.07, 6.45) is 10.2. The van der Waals surface area contributed by atoms with Gasteiger partial charge in [-0.3, -0.25) is 4.79 Å². The van der Waals surface area contributed by atoms with Crippen molar-refractivity contribution < 1.29 is 61.6 Å². The minimum Gasteiger partial charge on any atom is -0.497 e. The molecule has 1 aliphatic rings. The highest BCUT2D eigenvalue weighted by molar-refractivity contribution is 7.98. The molecule has 13 nitrogen and oxygen atoms in total. The summed E-state index contributed by atoms with van der Waals surface area (Å²) in [5.74, 6) is 2.38. The number of methoxy groups -OCH3 is 3. The molecule has 3 aromatic carbocycles. The van der Waals surface area contributed by atoms with Crippen LogP contribution in [-0.2, 0) is 70.1 Å². The van der Waals surface area contributed by atoms with E-state index in [-0.39, 0.29) is 54.7 Å². The van der Waals surface area contributed by atoms with Crippen LogP contribution in [0, 0.1) is 65.0 Å². The number of hydrogen-bond donors (Lipinski definition) is 0. The molecule has 1 unspecified atom stereocenters. The van der Waals surface area contributed by atoms with Gasteiger partial charge >= 0.3 is 0 Å². The molecule has 768 valence electrons. The lowest BCUT2D eigenvalue weighted by Gasteiger charge is -2.43. The van der Waals surface area contributed by atoms with Crippen LogP contribution in [0.25, 0.3) is 0 Å². The van der Waals surface area contributed by atoms with Crippen LogP contribution in [0.5, 0.6) is 5.75 Å². The molecule has 0 spiro atoms. The van der Waals surface area contributed by atoms with E-state index in [2.05, 4.69) is 359 Å². The Hall–Kier alpha value is -2.79. The van der Waals surface area contributed by atoms with Gasteiger partial charge in [0.15, 0.2) is 0 Å². The SMILES string of the molecule is C=CCOCC(C)(C)C.CC(=O)C(C)(C)C.CC(C)(C)C1CCCCO1.CC(C)(C)COC(C)(C)C.CC(C)(C)COC[Si](C)(C)c1ccccc1.CC(C)(C)COCc1ccccc1.CC(C)[Si](COCC(C)(C)C)(C(C)C)C(C)C.CCOCC(C)(C)C.COCC(C)(C)C.COCCOCC(C)(C)C.COc1ccc(COCC(C)(C)C)cc1.CSCC(C)(C)C.